The lowest BCUT2D eigenvalue weighted by molar-refractivity contribution is 1.28. The van der Waals surface area contributed by atoms with Crippen molar-refractivity contribution in [2.24, 2.45) is 0 Å². The minimum atomic E-state index is -0.770. The highest BCUT2D eigenvalue weighted by atomic mass is 15.1. The van der Waals surface area contributed by atoms with Crippen LogP contribution in [0.4, 0.5) is 17.1 Å². The molecule has 0 aromatic heterocycles. The fourth-order valence-corrected chi connectivity index (χ4v) is 6.44. The molecule has 0 saturated carbocycles. The standard InChI is InChI=1S/C50H35N/c1-2-11-36(12-3-1)37-23-25-38(26-24-37)39-27-31-44(32-28-39)51(45-33-29-42(30-34-45)49-21-9-15-40-13-4-6-19-47(40)49)46-18-8-17-43(35-46)50-22-10-16-41-14-5-7-20-48(41)50/h1-35H/i1D,2D,3D,11D,12D,23D,24D,25D,26D,27D,28D,31D,32D. The van der Waals surface area contributed by atoms with Gasteiger partial charge in [-0.15, -0.1) is 0 Å². The molecule has 0 aliphatic heterocycles. The summed E-state index contributed by atoms with van der Waals surface area (Å²) in [6.45, 7) is 0. The van der Waals surface area contributed by atoms with Crippen molar-refractivity contribution in [3.8, 4) is 44.5 Å². The molecule has 0 aliphatic rings. The molecule has 0 atom stereocenters. The van der Waals surface area contributed by atoms with Crippen molar-refractivity contribution in [1.82, 2.24) is 0 Å². The third kappa shape index (κ3) is 5.96. The molecule has 1 nitrogen and oxygen atoms in total. The van der Waals surface area contributed by atoms with Crippen LogP contribution in [0.15, 0.2) is 212 Å². The molecule has 0 bridgehead atoms. The second-order valence-electron chi connectivity index (χ2n) is 12.0. The molecule has 0 N–H and O–H groups in total. The maximum absolute atomic E-state index is 9.54. The van der Waals surface area contributed by atoms with Crippen molar-refractivity contribution in [2.45, 2.75) is 0 Å². The quantitative estimate of drug-likeness (QED) is 0.164. The maximum Gasteiger partial charge on any atom is 0.0645 e. The van der Waals surface area contributed by atoms with Crippen LogP contribution in [0, 0.1) is 0 Å². The molecule has 9 aromatic rings. The van der Waals surface area contributed by atoms with Gasteiger partial charge in [0, 0.05) is 17.1 Å². The Labute approximate surface area is 317 Å². The van der Waals surface area contributed by atoms with E-state index in [1.54, 1.807) is 4.90 Å². The van der Waals surface area contributed by atoms with Crippen LogP contribution in [0.1, 0.15) is 17.8 Å². The van der Waals surface area contributed by atoms with E-state index in [9.17, 15) is 5.48 Å². The zero-order valence-electron chi connectivity index (χ0n) is 40.1. The van der Waals surface area contributed by atoms with Gasteiger partial charge in [-0.1, -0.05) is 176 Å². The predicted molar refractivity (Wildman–Crippen MR) is 218 cm³/mol. The van der Waals surface area contributed by atoms with Crippen molar-refractivity contribution < 1.29 is 17.8 Å². The van der Waals surface area contributed by atoms with E-state index in [1.165, 1.54) is 0 Å². The van der Waals surface area contributed by atoms with Crippen molar-refractivity contribution in [3.05, 3.63) is 212 Å². The van der Waals surface area contributed by atoms with Gasteiger partial charge < -0.3 is 4.90 Å². The first-order valence-corrected chi connectivity index (χ1v) is 16.5. The van der Waals surface area contributed by atoms with E-state index in [0.29, 0.717) is 11.4 Å². The average Bonchev–Trinajstić information content (AvgIpc) is 3.32. The topological polar surface area (TPSA) is 3.24 Å². The van der Waals surface area contributed by atoms with Gasteiger partial charge in [0.2, 0.25) is 0 Å². The number of hydrogen-bond acceptors (Lipinski definition) is 1. The van der Waals surface area contributed by atoms with E-state index in [2.05, 4.69) is 6.07 Å². The molecule has 0 unspecified atom stereocenters. The molecule has 0 spiro atoms. The molecule has 240 valence electrons. The zero-order valence-corrected chi connectivity index (χ0v) is 27.1. The molecule has 9 aromatic carbocycles. The lowest BCUT2D eigenvalue weighted by atomic mass is 9.97. The van der Waals surface area contributed by atoms with E-state index in [1.807, 2.05) is 127 Å². The molecule has 1 heteroatoms. The highest BCUT2D eigenvalue weighted by Gasteiger charge is 2.15. The lowest BCUT2D eigenvalue weighted by Crippen LogP contribution is -2.10. The summed E-state index contributed by atoms with van der Waals surface area (Å²) in [5, 5.41) is 4.18. The Bertz CT molecular complexity index is 3290. The Kier molecular flexibility index (Phi) is 5.08. The van der Waals surface area contributed by atoms with Gasteiger partial charge in [0.25, 0.3) is 0 Å². The van der Waals surface area contributed by atoms with E-state index in [0.717, 1.165) is 43.8 Å². The van der Waals surface area contributed by atoms with Crippen LogP contribution < -0.4 is 4.90 Å². The van der Waals surface area contributed by atoms with Crippen molar-refractivity contribution in [3.63, 3.8) is 0 Å². The number of rotatable bonds is 7. The minimum absolute atomic E-state index is 0.127. The molecule has 0 saturated heterocycles. The predicted octanol–water partition coefficient (Wildman–Crippen LogP) is 14.1. The first kappa shape index (κ1) is 19.5. The lowest BCUT2D eigenvalue weighted by Gasteiger charge is -2.26. The normalized spacial score (nSPS) is 14.7. The molecule has 0 fully saturated rings. The second-order valence-corrected chi connectivity index (χ2v) is 12.0. The maximum atomic E-state index is 9.54. The molecule has 0 heterocycles. The molecule has 9 rings (SSSR count). The average molecular weight is 663 g/mol. The van der Waals surface area contributed by atoms with Gasteiger partial charge in [0.15, 0.2) is 0 Å². The fourth-order valence-electron chi connectivity index (χ4n) is 6.44. The van der Waals surface area contributed by atoms with E-state index >= 15 is 0 Å². The molecular weight excluding hydrogens is 615 g/mol. The third-order valence-electron chi connectivity index (χ3n) is 8.89. The fraction of sp³-hybridized carbons (Fsp3) is 0. The Balaban J connectivity index is 1.25. The van der Waals surface area contributed by atoms with Gasteiger partial charge in [-0.2, -0.15) is 0 Å². The number of hydrogen-bond donors (Lipinski definition) is 0. The summed E-state index contributed by atoms with van der Waals surface area (Å²) >= 11 is 0. The van der Waals surface area contributed by atoms with Crippen LogP contribution >= 0.6 is 0 Å². The summed E-state index contributed by atoms with van der Waals surface area (Å²) in [6, 6.07) is 34.3. The smallest absolute Gasteiger partial charge is 0.0645 e. The second kappa shape index (κ2) is 13.3. The summed E-state index contributed by atoms with van der Waals surface area (Å²) < 4.78 is 115. The van der Waals surface area contributed by atoms with E-state index in [4.69, 9.17) is 12.3 Å². The van der Waals surface area contributed by atoms with Crippen LogP contribution in [-0.4, -0.2) is 0 Å². The monoisotopic (exact) mass is 662 g/mol. The Morgan fingerprint density at radius 3 is 1.41 bits per heavy atom. The van der Waals surface area contributed by atoms with E-state index in [-0.39, 0.29) is 5.69 Å². The molecule has 51 heavy (non-hydrogen) atoms. The molecule has 0 radical (unpaired) electrons. The van der Waals surface area contributed by atoms with Crippen LogP contribution in [0.25, 0.3) is 66.1 Å². The van der Waals surface area contributed by atoms with Gasteiger partial charge >= 0.3 is 0 Å². The van der Waals surface area contributed by atoms with Gasteiger partial charge in [-0.05, 0) is 102 Å². The Morgan fingerprint density at radius 1 is 0.314 bits per heavy atom. The minimum Gasteiger partial charge on any atom is -0.310 e. The van der Waals surface area contributed by atoms with Gasteiger partial charge in [-0.25, -0.2) is 0 Å². The number of anilines is 3. The summed E-state index contributed by atoms with van der Waals surface area (Å²) in [5.41, 5.74) is 2.50. The third-order valence-corrected chi connectivity index (χ3v) is 8.89. The van der Waals surface area contributed by atoms with Crippen molar-refractivity contribution >= 4 is 38.6 Å². The van der Waals surface area contributed by atoms with Gasteiger partial charge in [0.1, 0.15) is 0 Å². The highest BCUT2D eigenvalue weighted by molar-refractivity contribution is 5.98. The van der Waals surface area contributed by atoms with Crippen molar-refractivity contribution in [1.29, 1.82) is 0 Å². The largest absolute Gasteiger partial charge is 0.310 e. The number of nitrogens with zero attached hydrogens (tertiary/aromatic N) is 1. The molecule has 0 aliphatic carbocycles. The van der Waals surface area contributed by atoms with Gasteiger partial charge in [0.05, 0.1) is 17.8 Å². The van der Waals surface area contributed by atoms with Crippen LogP contribution in [0.3, 0.4) is 0 Å². The zero-order chi connectivity index (χ0) is 45.3. The first-order chi connectivity index (χ1) is 30.7. The van der Waals surface area contributed by atoms with Crippen LogP contribution in [-0.2, 0) is 0 Å². The number of benzene rings is 9. The summed E-state index contributed by atoms with van der Waals surface area (Å²) in [4.78, 5) is 1.64. The highest BCUT2D eigenvalue weighted by Crippen LogP contribution is 2.40. The Morgan fingerprint density at radius 2 is 0.804 bits per heavy atom. The molecular formula is C50H35N. The van der Waals surface area contributed by atoms with Crippen LogP contribution in [0.2, 0.25) is 0 Å². The van der Waals surface area contributed by atoms with E-state index < -0.39 is 101 Å². The first-order valence-electron chi connectivity index (χ1n) is 23.0. The summed E-state index contributed by atoms with van der Waals surface area (Å²) in [6.07, 6.45) is 0. The SMILES string of the molecule is [2H]c1c([2H])c([2H])c(-c2c([2H])c([2H])c(-c3c([2H])c([2H])c(N(c4ccc(-c5cccc6ccccc56)cc4)c4cccc(-c5cccc6ccccc56)c4)c([2H])c3[2H])c([2H])c2[2H])c([2H])c1[2H]. The Hall–Kier alpha value is -6.70. The molecule has 0 amide bonds. The van der Waals surface area contributed by atoms with Crippen LogP contribution in [0.5, 0.6) is 0 Å². The van der Waals surface area contributed by atoms with Crippen molar-refractivity contribution in [2.75, 3.05) is 4.90 Å². The van der Waals surface area contributed by atoms with Gasteiger partial charge in [-0.3, -0.25) is 0 Å². The summed E-state index contributed by atoms with van der Waals surface area (Å²) in [7, 11) is 0. The summed E-state index contributed by atoms with van der Waals surface area (Å²) in [5.74, 6) is 0. The number of fused-ring (bicyclic) bond motifs is 2.